The lowest BCUT2D eigenvalue weighted by Gasteiger charge is -2.28. The van der Waals surface area contributed by atoms with Crippen LogP contribution in [0.4, 0.5) is 4.39 Å². The van der Waals surface area contributed by atoms with Gasteiger partial charge in [-0.1, -0.05) is 125 Å². The number of rotatable bonds is 12. The van der Waals surface area contributed by atoms with Gasteiger partial charge in [0.2, 0.25) is 0 Å². The van der Waals surface area contributed by atoms with Crippen molar-refractivity contribution in [2.24, 2.45) is 11.8 Å². The van der Waals surface area contributed by atoms with Gasteiger partial charge in [-0.2, -0.15) is 0 Å². The second-order valence-electron chi connectivity index (χ2n) is 11.4. The van der Waals surface area contributed by atoms with Gasteiger partial charge < -0.3 is 0 Å². The third-order valence-corrected chi connectivity index (χ3v) is 8.47. The largest absolute Gasteiger partial charge is 0.205 e. The minimum atomic E-state index is -0.211. The molecule has 0 aromatic heterocycles. The van der Waals surface area contributed by atoms with Crippen molar-refractivity contribution in [3.8, 4) is 11.8 Å². The van der Waals surface area contributed by atoms with Crippen molar-refractivity contribution in [2.75, 3.05) is 0 Å². The first-order valence-corrected chi connectivity index (χ1v) is 15.1. The average molecular weight is 509 g/mol. The van der Waals surface area contributed by atoms with E-state index in [4.69, 9.17) is 0 Å². The predicted molar refractivity (Wildman–Crippen MR) is 162 cm³/mol. The summed E-state index contributed by atoms with van der Waals surface area (Å²) in [4.78, 5) is 0. The van der Waals surface area contributed by atoms with Crippen LogP contribution in [0.3, 0.4) is 0 Å². The molecule has 4 rings (SSSR count). The number of aryl methyl sites for hydroxylation is 2. The van der Waals surface area contributed by atoms with Gasteiger partial charge in [-0.05, 0) is 72.2 Å². The van der Waals surface area contributed by atoms with E-state index in [2.05, 4.69) is 49.6 Å². The highest BCUT2D eigenvalue weighted by Gasteiger charge is 2.20. The van der Waals surface area contributed by atoms with Crippen molar-refractivity contribution >= 4 is 10.8 Å². The maximum atomic E-state index is 15.3. The van der Waals surface area contributed by atoms with Gasteiger partial charge in [-0.25, -0.2) is 4.39 Å². The van der Waals surface area contributed by atoms with Crippen molar-refractivity contribution < 1.29 is 4.39 Å². The molecule has 1 saturated carbocycles. The molecule has 0 amide bonds. The van der Waals surface area contributed by atoms with E-state index < -0.39 is 0 Å². The minimum absolute atomic E-state index is 0.211. The van der Waals surface area contributed by atoms with Gasteiger partial charge in [0.05, 0.1) is 5.56 Å². The predicted octanol–water partition coefficient (Wildman–Crippen LogP) is 10.6. The van der Waals surface area contributed by atoms with E-state index in [0.29, 0.717) is 10.9 Å². The molecule has 0 atom stereocenters. The fourth-order valence-electron chi connectivity index (χ4n) is 5.97. The quantitative estimate of drug-likeness (QED) is 0.130. The van der Waals surface area contributed by atoms with Crippen molar-refractivity contribution in [1.29, 1.82) is 0 Å². The summed E-state index contributed by atoms with van der Waals surface area (Å²) in [5, 5.41) is 1.64. The fraction of sp³-hybridized carbons (Fsp3) is 0.459. The van der Waals surface area contributed by atoms with Crippen LogP contribution >= 0.6 is 0 Å². The Morgan fingerprint density at radius 3 is 2.24 bits per heavy atom. The van der Waals surface area contributed by atoms with Crippen LogP contribution in [-0.2, 0) is 12.8 Å². The Bertz CT molecular complexity index is 1220. The Hall–Kier alpha value is -2.85. The van der Waals surface area contributed by atoms with Crippen molar-refractivity contribution in [1.82, 2.24) is 0 Å². The highest BCUT2D eigenvalue weighted by atomic mass is 19.1. The number of unbranched alkanes of at least 4 members (excludes halogenated alkanes) is 4. The number of allylic oxidation sites excluding steroid dienone is 1. The molecule has 0 aliphatic heterocycles. The number of hydrogen-bond acceptors (Lipinski definition) is 0. The Morgan fingerprint density at radius 1 is 0.789 bits per heavy atom. The highest BCUT2D eigenvalue weighted by Crippen LogP contribution is 2.34. The minimum Gasteiger partial charge on any atom is -0.205 e. The summed E-state index contributed by atoms with van der Waals surface area (Å²) >= 11 is 0. The van der Waals surface area contributed by atoms with Crippen LogP contribution in [0.25, 0.3) is 10.8 Å². The summed E-state index contributed by atoms with van der Waals surface area (Å²) in [7, 11) is 0. The number of benzene rings is 3. The molecule has 0 heterocycles. The molecule has 1 fully saturated rings. The van der Waals surface area contributed by atoms with Crippen LogP contribution in [0, 0.1) is 29.5 Å². The van der Waals surface area contributed by atoms with E-state index in [1.807, 2.05) is 36.4 Å². The molecule has 0 nitrogen and oxygen atoms in total. The lowest BCUT2D eigenvalue weighted by atomic mass is 9.77. The van der Waals surface area contributed by atoms with Gasteiger partial charge >= 0.3 is 0 Å². The summed E-state index contributed by atoms with van der Waals surface area (Å²) in [5.41, 5.74) is 3.96. The zero-order chi connectivity index (χ0) is 26.6. The topological polar surface area (TPSA) is 0 Å². The van der Waals surface area contributed by atoms with Crippen molar-refractivity contribution in [3.05, 3.63) is 95.3 Å². The van der Waals surface area contributed by atoms with E-state index >= 15 is 4.39 Å². The Morgan fingerprint density at radius 2 is 1.50 bits per heavy atom. The molecule has 0 saturated heterocycles. The molecule has 200 valence electrons. The van der Waals surface area contributed by atoms with Gasteiger partial charge in [0, 0.05) is 10.9 Å². The van der Waals surface area contributed by atoms with Crippen LogP contribution < -0.4 is 0 Å². The van der Waals surface area contributed by atoms with Crippen molar-refractivity contribution in [3.63, 3.8) is 0 Å². The Balaban J connectivity index is 1.28. The highest BCUT2D eigenvalue weighted by molar-refractivity contribution is 5.85. The third kappa shape index (κ3) is 8.33. The molecule has 3 aromatic carbocycles. The molecule has 0 radical (unpaired) electrons. The lowest BCUT2D eigenvalue weighted by Crippen LogP contribution is -2.15. The summed E-state index contributed by atoms with van der Waals surface area (Å²) in [6.45, 7) is 6.07. The third-order valence-electron chi connectivity index (χ3n) is 8.47. The molecular formula is C37H45F. The normalized spacial score (nSPS) is 17.2. The monoisotopic (exact) mass is 508 g/mol. The molecule has 38 heavy (non-hydrogen) atoms. The Kier molecular flexibility index (Phi) is 11.1. The smallest absolute Gasteiger partial charge is 0.146 e. The van der Waals surface area contributed by atoms with Gasteiger partial charge in [0.15, 0.2) is 0 Å². The maximum Gasteiger partial charge on any atom is 0.146 e. The molecule has 1 aliphatic carbocycles. The van der Waals surface area contributed by atoms with E-state index in [-0.39, 0.29) is 5.82 Å². The molecule has 0 spiro atoms. The second-order valence-corrected chi connectivity index (χ2v) is 11.4. The number of halogens is 1. The van der Waals surface area contributed by atoms with Gasteiger partial charge in [0.1, 0.15) is 5.82 Å². The summed E-state index contributed by atoms with van der Waals surface area (Å²) < 4.78 is 15.3. The van der Waals surface area contributed by atoms with Crippen LogP contribution in [0.5, 0.6) is 0 Å². The standard InChI is InChI=1S/C37H45F/c1-3-5-7-8-9-11-30-14-16-31(17-15-30)20-21-33-23-27-36-35(28-33)26-25-34(37(36)38)24-22-32-18-12-29(13-19-32)10-6-4-2/h4,12-13,18-19,23,25-28,30-31H,2-3,5-11,14-17,20-21H2,1H3. The average Bonchev–Trinajstić information content (AvgIpc) is 2.95. The molecule has 3 aromatic rings. The first kappa shape index (κ1) is 28.2. The van der Waals surface area contributed by atoms with Crippen molar-refractivity contribution in [2.45, 2.75) is 96.8 Å². The van der Waals surface area contributed by atoms with E-state index in [1.165, 1.54) is 81.8 Å². The van der Waals surface area contributed by atoms with E-state index in [9.17, 15) is 0 Å². The number of fused-ring (bicyclic) bond motifs is 1. The second kappa shape index (κ2) is 14.9. The first-order valence-electron chi connectivity index (χ1n) is 15.1. The maximum absolute atomic E-state index is 15.3. The molecule has 1 aliphatic rings. The fourth-order valence-corrected chi connectivity index (χ4v) is 5.97. The zero-order valence-corrected chi connectivity index (χ0v) is 23.4. The zero-order valence-electron chi connectivity index (χ0n) is 23.4. The lowest BCUT2D eigenvalue weighted by molar-refractivity contribution is 0.249. The van der Waals surface area contributed by atoms with E-state index in [0.717, 1.165) is 42.0 Å². The van der Waals surface area contributed by atoms with Gasteiger partial charge in [-0.3, -0.25) is 0 Å². The summed E-state index contributed by atoms with van der Waals surface area (Å²) in [5.74, 6) is 7.79. The molecule has 0 bridgehead atoms. The van der Waals surface area contributed by atoms with Crippen LogP contribution in [0.2, 0.25) is 0 Å². The van der Waals surface area contributed by atoms with Gasteiger partial charge in [-0.15, -0.1) is 6.58 Å². The van der Waals surface area contributed by atoms with Crippen LogP contribution in [0.1, 0.15) is 106 Å². The van der Waals surface area contributed by atoms with E-state index in [1.54, 1.807) is 0 Å². The molecule has 1 heteroatoms. The molecular weight excluding hydrogens is 463 g/mol. The Labute approximate surface area is 230 Å². The van der Waals surface area contributed by atoms with Crippen LogP contribution in [0.15, 0.2) is 67.3 Å². The first-order chi connectivity index (χ1) is 18.7. The summed E-state index contributed by atoms with van der Waals surface area (Å²) in [6.07, 6.45) is 20.3. The molecule has 0 unspecified atom stereocenters. The molecule has 0 N–H and O–H groups in total. The van der Waals surface area contributed by atoms with Gasteiger partial charge in [0.25, 0.3) is 0 Å². The van der Waals surface area contributed by atoms with Crippen LogP contribution in [-0.4, -0.2) is 0 Å². The number of hydrogen-bond donors (Lipinski definition) is 0. The SMILES string of the molecule is C=CCCc1ccc(C#Cc2ccc3cc(CCC4CCC(CCCCCCC)CC4)ccc3c2F)cc1. The summed E-state index contributed by atoms with van der Waals surface area (Å²) in [6, 6.07) is 18.3.